The molecule has 136 valence electrons. The number of nitrogens with one attached hydrogen (secondary N) is 1. The zero-order chi connectivity index (χ0) is 18.1. The monoisotopic (exact) mass is 355 g/mol. The molecule has 2 nitrogen and oxygen atoms in total. The molecule has 2 heterocycles. The highest BCUT2D eigenvalue weighted by Crippen LogP contribution is 2.40. The Morgan fingerprint density at radius 3 is 2.22 bits per heavy atom. The summed E-state index contributed by atoms with van der Waals surface area (Å²) >= 11 is 0. The summed E-state index contributed by atoms with van der Waals surface area (Å²) in [5.74, 6) is 1.50. The maximum atomic E-state index is 5.80. The summed E-state index contributed by atoms with van der Waals surface area (Å²) in [4.78, 5) is 0. The van der Waals surface area contributed by atoms with Gasteiger partial charge in [0.2, 0.25) is 0 Å². The number of benzene rings is 3. The second kappa shape index (κ2) is 7.21. The zero-order valence-corrected chi connectivity index (χ0v) is 15.5. The second-order valence-electron chi connectivity index (χ2n) is 7.57. The van der Waals surface area contributed by atoms with Gasteiger partial charge in [-0.15, -0.1) is 0 Å². The normalized spacial score (nSPS) is 18.0. The van der Waals surface area contributed by atoms with Gasteiger partial charge in [-0.3, -0.25) is 0 Å². The standard InChI is InChI=1S/C25H25NO/c1-3-7-18(8-4-1)23(19-9-5-2-6-10-19)17-24-21-11-12-25-22(14-16-27-25)20(21)13-15-26-24/h1-12,23-24,26H,13-17H2. The fourth-order valence-corrected chi connectivity index (χ4v) is 4.75. The van der Waals surface area contributed by atoms with E-state index in [2.05, 4.69) is 78.1 Å². The molecule has 1 unspecified atom stereocenters. The Labute approximate surface area is 161 Å². The van der Waals surface area contributed by atoms with Crippen LogP contribution in [0.25, 0.3) is 0 Å². The molecule has 1 atom stereocenters. The van der Waals surface area contributed by atoms with E-state index in [4.69, 9.17) is 4.74 Å². The average molecular weight is 355 g/mol. The van der Waals surface area contributed by atoms with Crippen molar-refractivity contribution in [3.8, 4) is 5.75 Å². The van der Waals surface area contributed by atoms with Crippen LogP contribution in [-0.2, 0) is 12.8 Å². The lowest BCUT2D eigenvalue weighted by Gasteiger charge is -2.31. The SMILES string of the molecule is c1ccc(C(CC2NCCc3c2ccc2c3CCO2)c2ccccc2)cc1. The van der Waals surface area contributed by atoms with Crippen LogP contribution in [0.5, 0.6) is 5.75 Å². The summed E-state index contributed by atoms with van der Waals surface area (Å²) in [7, 11) is 0. The third kappa shape index (κ3) is 3.15. The quantitative estimate of drug-likeness (QED) is 0.709. The Bertz CT molecular complexity index is 880. The zero-order valence-electron chi connectivity index (χ0n) is 15.5. The molecule has 0 aliphatic carbocycles. The second-order valence-corrected chi connectivity index (χ2v) is 7.57. The van der Waals surface area contributed by atoms with Crippen molar-refractivity contribution >= 4 is 0 Å². The van der Waals surface area contributed by atoms with Crippen LogP contribution in [0.3, 0.4) is 0 Å². The van der Waals surface area contributed by atoms with Gasteiger partial charge in [0.25, 0.3) is 0 Å². The molecule has 5 rings (SSSR count). The molecule has 0 radical (unpaired) electrons. The number of hydrogen-bond donors (Lipinski definition) is 1. The topological polar surface area (TPSA) is 21.3 Å². The van der Waals surface area contributed by atoms with Crippen molar-refractivity contribution in [3.63, 3.8) is 0 Å². The van der Waals surface area contributed by atoms with Gasteiger partial charge >= 0.3 is 0 Å². The first-order valence-corrected chi connectivity index (χ1v) is 10.0. The van der Waals surface area contributed by atoms with E-state index < -0.39 is 0 Å². The van der Waals surface area contributed by atoms with Crippen molar-refractivity contribution in [2.45, 2.75) is 31.2 Å². The van der Waals surface area contributed by atoms with Gasteiger partial charge in [-0.05, 0) is 47.7 Å². The largest absolute Gasteiger partial charge is 0.493 e. The van der Waals surface area contributed by atoms with Crippen LogP contribution in [0.2, 0.25) is 0 Å². The molecule has 0 spiro atoms. The summed E-state index contributed by atoms with van der Waals surface area (Å²) in [5, 5.41) is 3.80. The first kappa shape index (κ1) is 16.6. The summed E-state index contributed by atoms with van der Waals surface area (Å²) in [6.07, 6.45) is 3.24. The molecular weight excluding hydrogens is 330 g/mol. The summed E-state index contributed by atoms with van der Waals surface area (Å²) in [5.41, 5.74) is 7.25. The van der Waals surface area contributed by atoms with Crippen LogP contribution in [0, 0.1) is 0 Å². The number of rotatable bonds is 4. The Balaban J connectivity index is 1.52. The van der Waals surface area contributed by atoms with Gasteiger partial charge in [-0.1, -0.05) is 66.7 Å². The van der Waals surface area contributed by atoms with Crippen LogP contribution in [0.15, 0.2) is 72.8 Å². The predicted molar refractivity (Wildman–Crippen MR) is 109 cm³/mol. The molecule has 0 saturated heterocycles. The van der Waals surface area contributed by atoms with Crippen molar-refractivity contribution in [3.05, 3.63) is 101 Å². The van der Waals surface area contributed by atoms with Gasteiger partial charge < -0.3 is 10.1 Å². The molecule has 0 amide bonds. The number of hydrogen-bond acceptors (Lipinski definition) is 2. The minimum Gasteiger partial charge on any atom is -0.493 e. The average Bonchev–Trinajstić information content (AvgIpc) is 3.23. The molecule has 3 aromatic carbocycles. The van der Waals surface area contributed by atoms with Gasteiger partial charge in [0.1, 0.15) is 5.75 Å². The van der Waals surface area contributed by atoms with E-state index in [0.717, 1.165) is 38.2 Å². The minimum atomic E-state index is 0.380. The molecule has 0 saturated carbocycles. The first-order chi connectivity index (χ1) is 13.4. The Morgan fingerprint density at radius 2 is 1.52 bits per heavy atom. The van der Waals surface area contributed by atoms with E-state index in [-0.39, 0.29) is 0 Å². The van der Waals surface area contributed by atoms with Crippen LogP contribution in [0.1, 0.15) is 46.2 Å². The van der Waals surface area contributed by atoms with Crippen molar-refractivity contribution in [2.75, 3.05) is 13.2 Å². The van der Waals surface area contributed by atoms with Gasteiger partial charge in [-0.2, -0.15) is 0 Å². The fraction of sp³-hybridized carbons (Fsp3) is 0.280. The minimum absolute atomic E-state index is 0.380. The molecule has 0 aromatic heterocycles. The lowest BCUT2D eigenvalue weighted by molar-refractivity contribution is 0.356. The number of ether oxygens (including phenoxy) is 1. The smallest absolute Gasteiger partial charge is 0.122 e. The van der Waals surface area contributed by atoms with Crippen LogP contribution in [0.4, 0.5) is 0 Å². The molecular formula is C25H25NO. The highest BCUT2D eigenvalue weighted by atomic mass is 16.5. The third-order valence-electron chi connectivity index (χ3n) is 6.05. The van der Waals surface area contributed by atoms with Crippen molar-refractivity contribution in [1.82, 2.24) is 5.32 Å². The van der Waals surface area contributed by atoms with Gasteiger partial charge in [0, 0.05) is 23.9 Å². The van der Waals surface area contributed by atoms with Gasteiger partial charge in [0.05, 0.1) is 6.61 Å². The maximum Gasteiger partial charge on any atom is 0.122 e. The lowest BCUT2D eigenvalue weighted by atomic mass is 9.80. The van der Waals surface area contributed by atoms with E-state index in [1.165, 1.54) is 27.8 Å². The summed E-state index contributed by atoms with van der Waals surface area (Å²) in [6.45, 7) is 1.88. The van der Waals surface area contributed by atoms with Crippen molar-refractivity contribution < 1.29 is 4.74 Å². The van der Waals surface area contributed by atoms with E-state index in [1.54, 1.807) is 0 Å². The Hall–Kier alpha value is -2.58. The molecule has 3 aromatic rings. The van der Waals surface area contributed by atoms with Crippen molar-refractivity contribution in [1.29, 1.82) is 0 Å². The van der Waals surface area contributed by atoms with Crippen molar-refractivity contribution in [2.24, 2.45) is 0 Å². The van der Waals surface area contributed by atoms with E-state index in [0.29, 0.717) is 12.0 Å². The maximum absolute atomic E-state index is 5.80. The summed E-state index contributed by atoms with van der Waals surface area (Å²) < 4.78 is 5.80. The molecule has 2 heteroatoms. The predicted octanol–water partition coefficient (Wildman–Crippen LogP) is 5.03. The Kier molecular flexibility index (Phi) is 4.43. The van der Waals surface area contributed by atoms with Crippen LogP contribution < -0.4 is 10.1 Å². The van der Waals surface area contributed by atoms with E-state index in [1.807, 2.05) is 0 Å². The highest BCUT2D eigenvalue weighted by Gasteiger charge is 2.28. The summed E-state index contributed by atoms with van der Waals surface area (Å²) in [6, 6.07) is 26.7. The molecule has 0 bridgehead atoms. The van der Waals surface area contributed by atoms with Crippen LogP contribution in [-0.4, -0.2) is 13.2 Å². The number of fused-ring (bicyclic) bond motifs is 3. The molecule has 0 fully saturated rings. The highest BCUT2D eigenvalue weighted by molar-refractivity contribution is 5.50. The first-order valence-electron chi connectivity index (χ1n) is 10.0. The molecule has 2 aliphatic rings. The van der Waals surface area contributed by atoms with E-state index in [9.17, 15) is 0 Å². The van der Waals surface area contributed by atoms with Gasteiger partial charge in [-0.25, -0.2) is 0 Å². The Morgan fingerprint density at radius 1 is 0.815 bits per heavy atom. The third-order valence-corrected chi connectivity index (χ3v) is 6.05. The van der Waals surface area contributed by atoms with Gasteiger partial charge in [0.15, 0.2) is 0 Å². The van der Waals surface area contributed by atoms with E-state index >= 15 is 0 Å². The fourth-order valence-electron chi connectivity index (χ4n) is 4.75. The lowest BCUT2D eigenvalue weighted by Crippen LogP contribution is -2.31. The molecule has 27 heavy (non-hydrogen) atoms. The van der Waals surface area contributed by atoms with Crippen LogP contribution >= 0.6 is 0 Å². The molecule has 2 aliphatic heterocycles. The molecule has 1 N–H and O–H groups in total.